The van der Waals surface area contributed by atoms with Crippen molar-refractivity contribution < 1.29 is 4.74 Å². The summed E-state index contributed by atoms with van der Waals surface area (Å²) in [6.07, 6.45) is 4.15. The number of nitrogens with zero attached hydrogens (tertiary/aromatic N) is 2. The Morgan fingerprint density at radius 3 is 2.20 bits per heavy atom. The van der Waals surface area contributed by atoms with E-state index in [1.54, 1.807) is 0 Å². The number of hydrogen-bond donors (Lipinski definition) is 1. The van der Waals surface area contributed by atoms with Gasteiger partial charge in [0.05, 0.1) is 6.07 Å². The molecular formula is C16H31N3O. The number of ether oxygens (including phenoxy) is 1. The molecule has 1 N–H and O–H groups in total. The highest BCUT2D eigenvalue weighted by atomic mass is 16.5. The number of nitrogens with one attached hydrogen (secondary N) is 1. The van der Waals surface area contributed by atoms with Gasteiger partial charge in [0.15, 0.2) is 0 Å². The molecule has 4 nitrogen and oxygen atoms in total. The highest BCUT2D eigenvalue weighted by Crippen LogP contribution is 2.27. The second kappa shape index (κ2) is 6.89. The molecule has 0 saturated carbocycles. The van der Waals surface area contributed by atoms with E-state index >= 15 is 0 Å². The van der Waals surface area contributed by atoms with Gasteiger partial charge in [-0.25, -0.2) is 0 Å². The molecule has 4 heteroatoms. The maximum Gasteiger partial charge on any atom is 0.109 e. The lowest BCUT2D eigenvalue weighted by Gasteiger charge is -2.44. The summed E-state index contributed by atoms with van der Waals surface area (Å²) in [5.74, 6) is 0. The van der Waals surface area contributed by atoms with Gasteiger partial charge in [0.25, 0.3) is 0 Å². The number of rotatable bonds is 2. The minimum atomic E-state index is -0.333. The number of nitriles is 1. The van der Waals surface area contributed by atoms with Crippen LogP contribution in [0, 0.1) is 11.3 Å². The van der Waals surface area contributed by atoms with Crippen molar-refractivity contribution in [2.45, 2.75) is 71.0 Å². The van der Waals surface area contributed by atoms with Crippen molar-refractivity contribution in [2.75, 3.05) is 26.3 Å². The van der Waals surface area contributed by atoms with Crippen LogP contribution in [0.15, 0.2) is 0 Å². The van der Waals surface area contributed by atoms with Crippen LogP contribution in [0.25, 0.3) is 0 Å². The first-order valence-electron chi connectivity index (χ1n) is 7.47. The quantitative estimate of drug-likeness (QED) is 0.845. The Morgan fingerprint density at radius 1 is 1.20 bits per heavy atom. The summed E-state index contributed by atoms with van der Waals surface area (Å²) < 4.78 is 5.43. The summed E-state index contributed by atoms with van der Waals surface area (Å²) in [4.78, 5) is 2.56. The van der Waals surface area contributed by atoms with E-state index in [-0.39, 0.29) is 18.5 Å². The van der Waals surface area contributed by atoms with E-state index in [9.17, 15) is 5.26 Å². The number of piperidine rings is 1. The zero-order valence-corrected chi connectivity index (χ0v) is 12.5. The molecule has 0 radical (unpaired) electrons. The monoisotopic (exact) mass is 281 g/mol. The normalized spacial score (nSPS) is 24.7. The van der Waals surface area contributed by atoms with Crippen LogP contribution >= 0.6 is 0 Å². The zero-order chi connectivity index (χ0) is 13.9. The fourth-order valence-electron chi connectivity index (χ4n) is 3.30. The molecule has 2 aliphatic heterocycles. The molecule has 2 aliphatic rings. The topological polar surface area (TPSA) is 48.3 Å². The first kappa shape index (κ1) is 17.4. The highest BCUT2D eigenvalue weighted by molar-refractivity contribution is 5.12. The predicted molar refractivity (Wildman–Crippen MR) is 82.6 cm³/mol. The molecule has 2 heterocycles. The summed E-state index contributed by atoms with van der Waals surface area (Å²) >= 11 is 0. The lowest BCUT2D eigenvalue weighted by atomic mass is 9.85. The largest absolute Gasteiger partial charge is 0.381 e. The van der Waals surface area contributed by atoms with Gasteiger partial charge >= 0.3 is 0 Å². The molecule has 116 valence electrons. The van der Waals surface area contributed by atoms with Crippen molar-refractivity contribution in [1.29, 1.82) is 5.26 Å². The number of likely N-dealkylation sites (tertiary alicyclic amines) is 1. The molecule has 0 bridgehead atoms. The molecule has 0 amide bonds. The average molecular weight is 281 g/mol. The molecule has 2 fully saturated rings. The van der Waals surface area contributed by atoms with Crippen molar-refractivity contribution in [1.82, 2.24) is 10.2 Å². The number of hydrogen-bond acceptors (Lipinski definition) is 4. The van der Waals surface area contributed by atoms with Crippen molar-refractivity contribution in [3.05, 3.63) is 0 Å². The van der Waals surface area contributed by atoms with Gasteiger partial charge in [0.1, 0.15) is 5.54 Å². The fourth-order valence-corrected chi connectivity index (χ4v) is 3.30. The average Bonchev–Trinajstić information content (AvgIpc) is 2.39. The maximum atomic E-state index is 9.55. The van der Waals surface area contributed by atoms with Gasteiger partial charge < -0.3 is 4.74 Å². The standard InChI is InChI=1S/C15H27N3O.CH4/c1-14(2,3)17-15(12-16)6-8-18(9-7-15)13-4-10-19-11-5-13;/h13,17H,4-11H2,1-3H3;1H4. The van der Waals surface area contributed by atoms with Gasteiger partial charge in [-0.1, -0.05) is 7.43 Å². The Balaban J connectivity index is 0.00000200. The van der Waals surface area contributed by atoms with Crippen LogP contribution in [0.2, 0.25) is 0 Å². The van der Waals surface area contributed by atoms with Crippen LogP contribution in [0.1, 0.15) is 53.9 Å². The van der Waals surface area contributed by atoms with Gasteiger partial charge in [-0.05, 0) is 46.5 Å². The predicted octanol–water partition coefficient (Wildman–Crippen LogP) is 2.55. The van der Waals surface area contributed by atoms with Gasteiger partial charge in [-0.3, -0.25) is 10.2 Å². The van der Waals surface area contributed by atoms with Crippen LogP contribution in [-0.2, 0) is 4.74 Å². The Hall–Kier alpha value is -0.630. The minimum Gasteiger partial charge on any atom is -0.381 e. The Labute approximate surface area is 124 Å². The van der Waals surface area contributed by atoms with E-state index in [2.05, 4.69) is 37.1 Å². The summed E-state index contributed by atoms with van der Waals surface area (Å²) in [7, 11) is 0. The first-order chi connectivity index (χ1) is 8.94. The Bertz CT molecular complexity index is 329. The van der Waals surface area contributed by atoms with E-state index in [0.29, 0.717) is 6.04 Å². The second-order valence-electron chi connectivity index (χ2n) is 6.95. The Kier molecular flexibility index (Phi) is 6.00. The van der Waals surface area contributed by atoms with E-state index in [4.69, 9.17) is 4.74 Å². The second-order valence-corrected chi connectivity index (χ2v) is 6.95. The first-order valence-corrected chi connectivity index (χ1v) is 7.47. The van der Waals surface area contributed by atoms with Crippen LogP contribution < -0.4 is 5.32 Å². The maximum absolute atomic E-state index is 9.55. The molecule has 2 saturated heterocycles. The molecule has 0 aromatic carbocycles. The van der Waals surface area contributed by atoms with Gasteiger partial charge in [-0.2, -0.15) is 5.26 Å². The molecule has 0 aromatic heterocycles. The van der Waals surface area contributed by atoms with E-state index in [0.717, 1.165) is 52.0 Å². The molecule has 20 heavy (non-hydrogen) atoms. The molecule has 0 atom stereocenters. The van der Waals surface area contributed by atoms with E-state index < -0.39 is 0 Å². The van der Waals surface area contributed by atoms with Gasteiger partial charge in [0, 0.05) is 37.9 Å². The van der Waals surface area contributed by atoms with E-state index in [1.165, 1.54) is 0 Å². The minimum absolute atomic E-state index is 0. The molecular weight excluding hydrogens is 250 g/mol. The summed E-state index contributed by atoms with van der Waals surface area (Å²) in [5, 5.41) is 13.1. The summed E-state index contributed by atoms with van der Waals surface area (Å²) in [6.45, 7) is 10.3. The summed E-state index contributed by atoms with van der Waals surface area (Å²) in [5.41, 5.74) is -0.337. The van der Waals surface area contributed by atoms with Gasteiger partial charge in [0.2, 0.25) is 0 Å². The molecule has 0 spiro atoms. The van der Waals surface area contributed by atoms with Gasteiger partial charge in [-0.15, -0.1) is 0 Å². The third-order valence-electron chi connectivity index (χ3n) is 4.19. The van der Waals surface area contributed by atoms with Crippen molar-refractivity contribution >= 4 is 0 Å². The van der Waals surface area contributed by atoms with E-state index in [1.807, 2.05) is 0 Å². The molecule has 2 rings (SSSR count). The van der Waals surface area contributed by atoms with Crippen molar-refractivity contribution in [3.63, 3.8) is 0 Å². The molecule has 0 unspecified atom stereocenters. The van der Waals surface area contributed by atoms with Crippen LogP contribution in [0.5, 0.6) is 0 Å². The Morgan fingerprint density at radius 2 is 1.75 bits per heavy atom. The molecule has 0 aromatic rings. The van der Waals surface area contributed by atoms with Crippen LogP contribution in [0.3, 0.4) is 0 Å². The SMILES string of the molecule is C.CC(C)(C)NC1(C#N)CCN(C2CCOCC2)CC1. The third kappa shape index (κ3) is 4.44. The summed E-state index contributed by atoms with van der Waals surface area (Å²) in [6, 6.07) is 3.20. The van der Waals surface area contributed by atoms with Crippen LogP contribution in [0.4, 0.5) is 0 Å². The smallest absolute Gasteiger partial charge is 0.109 e. The van der Waals surface area contributed by atoms with Crippen LogP contribution in [-0.4, -0.2) is 48.3 Å². The zero-order valence-electron chi connectivity index (χ0n) is 12.5. The fraction of sp³-hybridized carbons (Fsp3) is 0.938. The lowest BCUT2D eigenvalue weighted by molar-refractivity contribution is 0.0172. The lowest BCUT2D eigenvalue weighted by Crippen LogP contribution is -2.59. The third-order valence-corrected chi connectivity index (χ3v) is 4.19. The highest BCUT2D eigenvalue weighted by Gasteiger charge is 2.39. The van der Waals surface area contributed by atoms with Crippen molar-refractivity contribution in [2.24, 2.45) is 0 Å². The molecule has 0 aliphatic carbocycles. The van der Waals surface area contributed by atoms with Crippen molar-refractivity contribution in [3.8, 4) is 6.07 Å².